The number of benzene rings is 1. The first-order chi connectivity index (χ1) is 9.93. The van der Waals surface area contributed by atoms with Gasteiger partial charge in [0.05, 0.1) is 12.5 Å². The molecule has 2 unspecified atom stereocenters. The number of amides is 1. The van der Waals surface area contributed by atoms with Gasteiger partial charge >= 0.3 is 5.97 Å². The molecule has 0 heterocycles. The van der Waals surface area contributed by atoms with E-state index in [1.54, 1.807) is 30.3 Å². The van der Waals surface area contributed by atoms with E-state index in [0.717, 1.165) is 0 Å². The quantitative estimate of drug-likeness (QED) is 0.541. The average molecular weight is 292 g/mol. The zero-order chi connectivity index (χ0) is 15.8. The second-order valence-corrected chi connectivity index (χ2v) is 4.65. The summed E-state index contributed by atoms with van der Waals surface area (Å²) < 4.78 is 0. The second-order valence-electron chi connectivity index (χ2n) is 4.65. The number of anilines is 1. The van der Waals surface area contributed by atoms with E-state index in [-0.39, 0.29) is 12.3 Å². The summed E-state index contributed by atoms with van der Waals surface area (Å²) in [6.45, 7) is 5.36. The number of carbonyl (C=O) groups is 2. The molecule has 4 N–H and O–H groups in total. The largest absolute Gasteiger partial charge is 0.481 e. The maximum absolute atomic E-state index is 10.9. The van der Waals surface area contributed by atoms with E-state index in [1.807, 2.05) is 0 Å². The molecule has 0 aliphatic carbocycles. The van der Waals surface area contributed by atoms with Crippen LogP contribution in [0.3, 0.4) is 0 Å². The fourth-order valence-electron chi connectivity index (χ4n) is 1.92. The maximum atomic E-state index is 10.9. The summed E-state index contributed by atoms with van der Waals surface area (Å²) >= 11 is 0. The van der Waals surface area contributed by atoms with Gasteiger partial charge in [0.2, 0.25) is 5.91 Å². The van der Waals surface area contributed by atoms with Crippen molar-refractivity contribution in [3.63, 3.8) is 0 Å². The number of nitrogens with one attached hydrogen (secondary N) is 2. The average Bonchev–Trinajstić information content (AvgIpc) is 2.42. The molecule has 1 aromatic carbocycles. The molecule has 0 spiro atoms. The number of carbonyl (C=O) groups excluding carboxylic acids is 1. The van der Waals surface area contributed by atoms with E-state index in [4.69, 9.17) is 5.11 Å². The van der Waals surface area contributed by atoms with E-state index < -0.39 is 18.1 Å². The SMILES string of the molecule is C=CCNC(CC(=O)O)C(O)c1ccc(NC(C)=O)cc1. The Bertz CT molecular complexity index is 499. The number of hydrogen-bond donors (Lipinski definition) is 4. The van der Waals surface area contributed by atoms with Gasteiger partial charge in [-0.2, -0.15) is 0 Å². The molecular weight excluding hydrogens is 272 g/mol. The van der Waals surface area contributed by atoms with Crippen LogP contribution >= 0.6 is 0 Å². The minimum Gasteiger partial charge on any atom is -0.481 e. The lowest BCUT2D eigenvalue weighted by atomic mass is 9.99. The molecule has 21 heavy (non-hydrogen) atoms. The number of rotatable bonds is 8. The molecule has 2 atom stereocenters. The van der Waals surface area contributed by atoms with Crippen molar-refractivity contribution in [1.29, 1.82) is 0 Å². The van der Waals surface area contributed by atoms with E-state index in [9.17, 15) is 14.7 Å². The van der Waals surface area contributed by atoms with Gasteiger partial charge in [0.1, 0.15) is 0 Å². The highest BCUT2D eigenvalue weighted by atomic mass is 16.4. The summed E-state index contributed by atoms with van der Waals surface area (Å²) in [7, 11) is 0. The smallest absolute Gasteiger partial charge is 0.305 e. The molecule has 0 aromatic heterocycles. The summed E-state index contributed by atoms with van der Waals surface area (Å²) in [5.74, 6) is -1.18. The molecule has 0 aliphatic rings. The molecular formula is C15H20N2O4. The van der Waals surface area contributed by atoms with Crippen molar-refractivity contribution in [3.05, 3.63) is 42.5 Å². The van der Waals surface area contributed by atoms with Crippen molar-refractivity contribution in [2.24, 2.45) is 0 Å². The summed E-state index contributed by atoms with van der Waals surface area (Å²) in [5.41, 5.74) is 1.19. The number of aliphatic hydroxyl groups is 1. The second kappa shape index (κ2) is 8.18. The van der Waals surface area contributed by atoms with Gasteiger partial charge in [-0.05, 0) is 17.7 Å². The first-order valence-corrected chi connectivity index (χ1v) is 6.55. The monoisotopic (exact) mass is 292 g/mol. The molecule has 0 saturated carbocycles. The van der Waals surface area contributed by atoms with Crippen molar-refractivity contribution in [2.75, 3.05) is 11.9 Å². The normalized spacial score (nSPS) is 13.2. The number of carboxylic acids is 1. The molecule has 0 radical (unpaired) electrons. The molecule has 6 nitrogen and oxygen atoms in total. The third-order valence-electron chi connectivity index (χ3n) is 2.87. The van der Waals surface area contributed by atoms with Crippen LogP contribution in [0.5, 0.6) is 0 Å². The first kappa shape index (κ1) is 16.9. The topological polar surface area (TPSA) is 98.7 Å². The molecule has 1 rings (SSSR count). The fraction of sp³-hybridized carbons (Fsp3) is 0.333. The minimum atomic E-state index is -0.995. The predicted molar refractivity (Wildman–Crippen MR) is 79.9 cm³/mol. The first-order valence-electron chi connectivity index (χ1n) is 6.55. The zero-order valence-electron chi connectivity index (χ0n) is 11.9. The van der Waals surface area contributed by atoms with E-state index in [1.165, 1.54) is 6.92 Å². The third kappa shape index (κ3) is 5.76. The lowest BCUT2D eigenvalue weighted by Gasteiger charge is -2.22. The lowest BCUT2D eigenvalue weighted by Crippen LogP contribution is -2.37. The fourth-order valence-corrected chi connectivity index (χ4v) is 1.92. The molecule has 1 aromatic rings. The van der Waals surface area contributed by atoms with Gasteiger partial charge in [-0.25, -0.2) is 0 Å². The lowest BCUT2D eigenvalue weighted by molar-refractivity contribution is -0.138. The van der Waals surface area contributed by atoms with Crippen molar-refractivity contribution < 1.29 is 19.8 Å². The van der Waals surface area contributed by atoms with Crippen molar-refractivity contribution in [3.8, 4) is 0 Å². The highest BCUT2D eigenvalue weighted by molar-refractivity contribution is 5.88. The molecule has 0 bridgehead atoms. The summed E-state index contributed by atoms with van der Waals surface area (Å²) in [4.78, 5) is 21.8. The number of hydrogen-bond acceptors (Lipinski definition) is 4. The van der Waals surface area contributed by atoms with Gasteiger partial charge in [0.25, 0.3) is 0 Å². The Morgan fingerprint density at radius 3 is 2.43 bits per heavy atom. The number of aliphatic carboxylic acids is 1. The molecule has 1 amide bonds. The standard InChI is InChI=1S/C15H20N2O4/c1-3-8-16-13(9-14(19)20)15(21)11-4-6-12(7-5-11)17-10(2)18/h3-7,13,15-16,21H,1,8-9H2,2H3,(H,17,18)(H,19,20). The summed E-state index contributed by atoms with van der Waals surface area (Å²) in [6, 6.07) is 6.00. The Balaban J connectivity index is 2.81. The van der Waals surface area contributed by atoms with Gasteiger partial charge in [-0.15, -0.1) is 6.58 Å². The van der Waals surface area contributed by atoms with Crippen LogP contribution in [-0.2, 0) is 9.59 Å². The molecule has 6 heteroatoms. The van der Waals surface area contributed by atoms with Crippen LogP contribution in [0.4, 0.5) is 5.69 Å². The van der Waals surface area contributed by atoms with Gasteiger partial charge in [0, 0.05) is 25.2 Å². The highest BCUT2D eigenvalue weighted by Crippen LogP contribution is 2.21. The van der Waals surface area contributed by atoms with Crippen LogP contribution in [0.15, 0.2) is 36.9 Å². The van der Waals surface area contributed by atoms with Crippen molar-refractivity contribution in [2.45, 2.75) is 25.5 Å². The zero-order valence-corrected chi connectivity index (χ0v) is 11.9. The minimum absolute atomic E-state index is 0.181. The molecule has 0 aliphatic heterocycles. The number of aliphatic hydroxyl groups excluding tert-OH is 1. The third-order valence-corrected chi connectivity index (χ3v) is 2.87. The highest BCUT2D eigenvalue weighted by Gasteiger charge is 2.22. The van der Waals surface area contributed by atoms with E-state index in [0.29, 0.717) is 17.8 Å². The van der Waals surface area contributed by atoms with Gasteiger partial charge in [-0.1, -0.05) is 18.2 Å². The van der Waals surface area contributed by atoms with Gasteiger partial charge in [-0.3, -0.25) is 9.59 Å². The molecule has 0 fully saturated rings. The van der Waals surface area contributed by atoms with Crippen LogP contribution in [0.25, 0.3) is 0 Å². The molecule has 0 saturated heterocycles. The van der Waals surface area contributed by atoms with Gasteiger partial charge in [0.15, 0.2) is 0 Å². The van der Waals surface area contributed by atoms with Crippen LogP contribution in [-0.4, -0.2) is 34.7 Å². The van der Waals surface area contributed by atoms with Crippen LogP contribution < -0.4 is 10.6 Å². The Hall–Kier alpha value is -2.18. The Morgan fingerprint density at radius 1 is 1.33 bits per heavy atom. The van der Waals surface area contributed by atoms with E-state index >= 15 is 0 Å². The Morgan fingerprint density at radius 2 is 1.95 bits per heavy atom. The Kier molecular flexibility index (Phi) is 6.58. The van der Waals surface area contributed by atoms with Crippen LogP contribution in [0.1, 0.15) is 25.0 Å². The molecule has 114 valence electrons. The maximum Gasteiger partial charge on any atom is 0.305 e. The summed E-state index contributed by atoms with van der Waals surface area (Å²) in [6.07, 6.45) is 0.427. The van der Waals surface area contributed by atoms with Gasteiger partial charge < -0.3 is 20.8 Å². The predicted octanol–water partition coefficient (Wildman–Crippen LogP) is 1.30. The Labute approximate surface area is 123 Å². The van der Waals surface area contributed by atoms with Crippen molar-refractivity contribution in [1.82, 2.24) is 5.32 Å². The van der Waals surface area contributed by atoms with Crippen molar-refractivity contribution >= 4 is 17.6 Å². The van der Waals surface area contributed by atoms with Crippen LogP contribution in [0, 0.1) is 0 Å². The van der Waals surface area contributed by atoms with E-state index in [2.05, 4.69) is 17.2 Å². The number of carboxylic acid groups (broad SMARTS) is 1. The summed E-state index contributed by atoms with van der Waals surface area (Å²) in [5, 5.41) is 24.7. The van der Waals surface area contributed by atoms with Crippen LogP contribution in [0.2, 0.25) is 0 Å².